The van der Waals surface area contributed by atoms with Gasteiger partial charge in [-0.05, 0) is 37.4 Å². The Bertz CT molecular complexity index is 1080. The predicted molar refractivity (Wildman–Crippen MR) is 109 cm³/mol. The van der Waals surface area contributed by atoms with E-state index in [0.29, 0.717) is 6.54 Å². The lowest BCUT2D eigenvalue weighted by atomic mass is 10.1. The van der Waals surface area contributed by atoms with Gasteiger partial charge in [-0.25, -0.2) is 0 Å². The van der Waals surface area contributed by atoms with Crippen molar-refractivity contribution >= 4 is 16.8 Å². The third-order valence-corrected chi connectivity index (χ3v) is 5.34. The van der Waals surface area contributed by atoms with Crippen LogP contribution in [0.15, 0.2) is 48.5 Å². The second-order valence-electron chi connectivity index (χ2n) is 7.08. The average Bonchev–Trinajstić information content (AvgIpc) is 2.99. The van der Waals surface area contributed by atoms with E-state index in [-0.39, 0.29) is 23.5 Å². The second kappa shape index (κ2) is 8.87. The van der Waals surface area contributed by atoms with Gasteiger partial charge in [0.25, 0.3) is 0 Å². The van der Waals surface area contributed by atoms with Crippen LogP contribution in [0.5, 0.6) is 0 Å². The summed E-state index contributed by atoms with van der Waals surface area (Å²) < 4.78 is 41.8. The van der Waals surface area contributed by atoms with E-state index >= 15 is 0 Å². The lowest BCUT2D eigenvalue weighted by Gasteiger charge is -2.18. The summed E-state index contributed by atoms with van der Waals surface area (Å²) in [5, 5.41) is 8.61. The summed E-state index contributed by atoms with van der Waals surface area (Å²) in [6.07, 6.45) is -4.44. The Morgan fingerprint density at radius 1 is 0.967 bits per heavy atom. The molecule has 30 heavy (non-hydrogen) atoms. The topological polar surface area (TPSA) is 54.0 Å². The molecule has 0 bridgehead atoms. The number of nitrogens with one attached hydrogen (secondary N) is 1. The van der Waals surface area contributed by atoms with Crippen LogP contribution in [0.1, 0.15) is 29.8 Å². The number of fused-ring (bicyclic) bond motifs is 1. The molecule has 0 fully saturated rings. The minimum Gasteiger partial charge on any atom is -0.309 e. The second-order valence-corrected chi connectivity index (χ2v) is 7.08. The van der Waals surface area contributed by atoms with Crippen LogP contribution < -0.4 is 5.62 Å². The van der Waals surface area contributed by atoms with E-state index in [4.69, 9.17) is 5.41 Å². The summed E-state index contributed by atoms with van der Waals surface area (Å²) in [6, 6.07) is 11.7. The van der Waals surface area contributed by atoms with E-state index < -0.39 is 11.7 Å². The van der Waals surface area contributed by atoms with Gasteiger partial charge in [0.1, 0.15) is 0 Å². The first kappa shape index (κ1) is 21.8. The molecule has 0 aliphatic rings. The molecule has 3 rings (SSSR count). The van der Waals surface area contributed by atoms with Crippen LogP contribution in [-0.2, 0) is 19.3 Å². The van der Waals surface area contributed by atoms with Crippen LogP contribution in [0.25, 0.3) is 11.0 Å². The number of halogens is 3. The number of benzene rings is 2. The van der Waals surface area contributed by atoms with Gasteiger partial charge in [-0.1, -0.05) is 38.1 Å². The molecular weight excluding hydrogens is 393 g/mol. The van der Waals surface area contributed by atoms with Crippen molar-refractivity contribution in [3.05, 3.63) is 65.3 Å². The van der Waals surface area contributed by atoms with Crippen LogP contribution >= 0.6 is 0 Å². The van der Waals surface area contributed by atoms with Crippen molar-refractivity contribution in [1.82, 2.24) is 14.0 Å². The number of imidazole rings is 1. The fourth-order valence-corrected chi connectivity index (χ4v) is 3.54. The number of alkyl halides is 3. The number of nitrogens with zero attached hydrogens (tertiary/aromatic N) is 3. The highest BCUT2D eigenvalue weighted by Crippen LogP contribution is 2.29. The third-order valence-electron chi connectivity index (χ3n) is 5.34. The fraction of sp³-hybridized carbons (Fsp3) is 0.364. The predicted octanol–water partition coefficient (Wildman–Crippen LogP) is 4.17. The maximum atomic E-state index is 12.8. The van der Waals surface area contributed by atoms with Gasteiger partial charge < -0.3 is 14.0 Å². The number of aromatic nitrogens is 2. The van der Waals surface area contributed by atoms with Crippen LogP contribution in [0.4, 0.5) is 13.2 Å². The van der Waals surface area contributed by atoms with Crippen LogP contribution in [-0.4, -0.2) is 39.5 Å². The molecule has 1 N–H and O–H groups in total. The molecule has 1 heterocycles. The van der Waals surface area contributed by atoms with E-state index in [0.717, 1.165) is 42.8 Å². The minimum atomic E-state index is -4.44. The molecule has 0 radical (unpaired) electrons. The van der Waals surface area contributed by atoms with Crippen LogP contribution in [0.3, 0.4) is 0 Å². The number of hydrogen-bond donors (Lipinski definition) is 1. The van der Waals surface area contributed by atoms with Crippen molar-refractivity contribution in [3.63, 3.8) is 0 Å². The largest absolute Gasteiger partial charge is 0.416 e. The average molecular weight is 418 g/mol. The highest BCUT2D eigenvalue weighted by molar-refractivity contribution is 5.96. The maximum absolute atomic E-state index is 12.8. The van der Waals surface area contributed by atoms with Crippen molar-refractivity contribution in [2.75, 3.05) is 19.6 Å². The number of ketones is 1. The number of carbonyl (C=O) groups is 1. The summed E-state index contributed by atoms with van der Waals surface area (Å²) in [4.78, 5) is 15.0. The highest BCUT2D eigenvalue weighted by Gasteiger charge is 2.30. The Labute approximate surface area is 172 Å². The van der Waals surface area contributed by atoms with Gasteiger partial charge in [0, 0.05) is 18.7 Å². The van der Waals surface area contributed by atoms with Gasteiger partial charge >= 0.3 is 6.18 Å². The SMILES string of the molecule is CCN(CC)CCn1c(=N)n(CC(=O)c2ccc(C(F)(F)F)cc2)c2ccccc21. The molecule has 0 amide bonds. The van der Waals surface area contributed by atoms with E-state index in [1.54, 1.807) is 4.57 Å². The Hall–Kier alpha value is -2.87. The summed E-state index contributed by atoms with van der Waals surface area (Å²) >= 11 is 0. The monoisotopic (exact) mass is 418 g/mol. The number of likely N-dealkylation sites (N-methyl/N-ethyl adjacent to an activating group) is 1. The zero-order valence-corrected chi connectivity index (χ0v) is 17.0. The molecule has 0 aliphatic heterocycles. The Kier molecular flexibility index (Phi) is 6.45. The van der Waals surface area contributed by atoms with Crippen LogP contribution in [0.2, 0.25) is 0 Å². The normalized spacial score (nSPS) is 12.1. The van der Waals surface area contributed by atoms with Gasteiger partial charge in [0.15, 0.2) is 5.78 Å². The smallest absolute Gasteiger partial charge is 0.309 e. The first-order chi connectivity index (χ1) is 14.3. The molecule has 0 unspecified atom stereocenters. The third kappa shape index (κ3) is 4.48. The Balaban J connectivity index is 1.90. The molecule has 160 valence electrons. The van der Waals surface area contributed by atoms with Gasteiger partial charge in [-0.2, -0.15) is 13.2 Å². The fourth-order valence-electron chi connectivity index (χ4n) is 3.54. The van der Waals surface area contributed by atoms with Crippen molar-refractivity contribution in [3.8, 4) is 0 Å². The van der Waals surface area contributed by atoms with E-state index in [2.05, 4.69) is 18.7 Å². The molecule has 0 saturated heterocycles. The quantitative estimate of drug-likeness (QED) is 0.559. The molecule has 5 nitrogen and oxygen atoms in total. The lowest BCUT2D eigenvalue weighted by Crippen LogP contribution is -2.32. The molecule has 2 aromatic carbocycles. The van der Waals surface area contributed by atoms with Gasteiger partial charge in [-0.15, -0.1) is 0 Å². The number of para-hydroxylation sites is 2. The van der Waals surface area contributed by atoms with Gasteiger partial charge in [0.05, 0.1) is 23.1 Å². The summed E-state index contributed by atoms with van der Waals surface area (Å²) in [7, 11) is 0. The van der Waals surface area contributed by atoms with Crippen molar-refractivity contribution < 1.29 is 18.0 Å². The molecule has 3 aromatic rings. The number of Topliss-reactive ketones (excluding diaryl/α,β-unsaturated/α-hetero) is 1. The van der Waals surface area contributed by atoms with Gasteiger partial charge in [-0.3, -0.25) is 10.2 Å². The molecule has 8 heteroatoms. The van der Waals surface area contributed by atoms with E-state index in [1.807, 2.05) is 28.8 Å². The standard InChI is InChI=1S/C22H25F3N4O/c1-3-27(4-2)13-14-28-18-7-5-6-8-19(18)29(21(28)26)15-20(30)16-9-11-17(12-10-16)22(23,24)25/h5-12,26H,3-4,13-15H2,1-2H3. The first-order valence-electron chi connectivity index (χ1n) is 9.91. The highest BCUT2D eigenvalue weighted by atomic mass is 19.4. The molecule has 0 aliphatic carbocycles. The first-order valence-corrected chi connectivity index (χ1v) is 9.91. The van der Waals surface area contributed by atoms with Gasteiger partial charge in [0.2, 0.25) is 5.62 Å². The maximum Gasteiger partial charge on any atom is 0.416 e. The number of hydrogen-bond acceptors (Lipinski definition) is 3. The summed E-state index contributed by atoms with van der Waals surface area (Å²) in [5.41, 5.74) is 1.21. The van der Waals surface area contributed by atoms with Crippen molar-refractivity contribution in [2.45, 2.75) is 33.1 Å². The summed E-state index contributed by atoms with van der Waals surface area (Å²) in [5.74, 6) is -0.339. The van der Waals surface area contributed by atoms with Crippen LogP contribution in [0, 0.1) is 5.41 Å². The Morgan fingerprint density at radius 3 is 2.07 bits per heavy atom. The summed E-state index contributed by atoms with van der Waals surface area (Å²) in [6.45, 7) is 7.28. The van der Waals surface area contributed by atoms with E-state index in [9.17, 15) is 18.0 Å². The zero-order valence-electron chi connectivity index (χ0n) is 17.0. The van der Waals surface area contributed by atoms with E-state index in [1.165, 1.54) is 12.1 Å². The molecule has 1 aromatic heterocycles. The molecule has 0 atom stereocenters. The molecular formula is C22H25F3N4O. The number of rotatable bonds is 8. The molecule has 0 saturated carbocycles. The number of carbonyl (C=O) groups excluding carboxylic acids is 1. The van der Waals surface area contributed by atoms with Crippen molar-refractivity contribution in [2.24, 2.45) is 0 Å². The van der Waals surface area contributed by atoms with Crippen molar-refractivity contribution in [1.29, 1.82) is 5.41 Å². The lowest BCUT2D eigenvalue weighted by molar-refractivity contribution is -0.137. The molecule has 0 spiro atoms. The zero-order chi connectivity index (χ0) is 21.9. The minimum absolute atomic E-state index is 0.108. The Morgan fingerprint density at radius 2 is 1.53 bits per heavy atom.